The van der Waals surface area contributed by atoms with Gasteiger partial charge in [-0.3, -0.25) is 14.5 Å². The van der Waals surface area contributed by atoms with Crippen LogP contribution in [0.4, 0.5) is 10.5 Å². The summed E-state index contributed by atoms with van der Waals surface area (Å²) in [5, 5.41) is 12.9. The number of fused-ring (bicyclic) bond motifs is 2. The SMILES string of the molecule is CN(C(=O)OCc1ccccc1)C(CC(C)(C)C)C(=O)N1C[C@]2(C[C@H]1C#N)C(=O)Nc1ccccc12. The number of amides is 3. The summed E-state index contributed by atoms with van der Waals surface area (Å²) >= 11 is 0. The number of hydrogen-bond acceptors (Lipinski definition) is 5. The van der Waals surface area contributed by atoms with E-state index in [4.69, 9.17) is 4.74 Å². The van der Waals surface area contributed by atoms with Crippen molar-refractivity contribution in [2.24, 2.45) is 5.41 Å². The van der Waals surface area contributed by atoms with E-state index in [0.717, 1.165) is 11.1 Å². The van der Waals surface area contributed by atoms with Gasteiger partial charge in [0.25, 0.3) is 0 Å². The molecule has 2 aliphatic heterocycles. The maximum Gasteiger partial charge on any atom is 0.410 e. The van der Waals surface area contributed by atoms with E-state index in [1.165, 1.54) is 9.80 Å². The zero-order valence-corrected chi connectivity index (χ0v) is 21.2. The predicted molar refractivity (Wildman–Crippen MR) is 135 cm³/mol. The van der Waals surface area contributed by atoms with Crippen LogP contribution in [0.15, 0.2) is 54.6 Å². The van der Waals surface area contributed by atoms with Crippen molar-refractivity contribution >= 4 is 23.6 Å². The molecule has 1 saturated heterocycles. The highest BCUT2D eigenvalue weighted by Crippen LogP contribution is 2.46. The van der Waals surface area contributed by atoms with Crippen molar-refractivity contribution < 1.29 is 19.1 Å². The maximum absolute atomic E-state index is 14.0. The summed E-state index contributed by atoms with van der Waals surface area (Å²) in [5.74, 6) is -0.563. The number of nitriles is 1. The van der Waals surface area contributed by atoms with Crippen LogP contribution in [0.2, 0.25) is 0 Å². The Morgan fingerprint density at radius 1 is 1.19 bits per heavy atom. The smallest absolute Gasteiger partial charge is 0.410 e. The van der Waals surface area contributed by atoms with Crippen molar-refractivity contribution in [1.82, 2.24) is 9.80 Å². The van der Waals surface area contributed by atoms with Crippen LogP contribution in [-0.2, 0) is 26.3 Å². The highest BCUT2D eigenvalue weighted by atomic mass is 16.6. The standard InChI is InChI=1S/C28H32N4O4/c1-27(2,3)15-23(31(4)26(35)36-17-19-10-6-5-7-11-19)24(33)32-18-28(14-20(32)16-29)21-12-8-9-13-22(21)30-25(28)34/h5-13,20,23H,14-15,17-18H2,1-4H3,(H,30,34)/t20-,23?,28-/m0/s1. The van der Waals surface area contributed by atoms with Gasteiger partial charge < -0.3 is 15.0 Å². The number of para-hydroxylation sites is 1. The lowest BCUT2D eigenvalue weighted by Crippen LogP contribution is -2.52. The summed E-state index contributed by atoms with van der Waals surface area (Å²) in [6, 6.07) is 17.3. The van der Waals surface area contributed by atoms with E-state index in [1.54, 1.807) is 7.05 Å². The Balaban J connectivity index is 1.58. The highest BCUT2D eigenvalue weighted by molar-refractivity contribution is 6.07. The van der Waals surface area contributed by atoms with E-state index >= 15 is 0 Å². The van der Waals surface area contributed by atoms with Gasteiger partial charge in [-0.05, 0) is 29.0 Å². The first-order valence-electron chi connectivity index (χ1n) is 12.1. The second kappa shape index (κ2) is 9.65. The average Bonchev–Trinajstić information content (AvgIpc) is 3.38. The number of carbonyl (C=O) groups is 3. The van der Waals surface area contributed by atoms with E-state index in [-0.39, 0.29) is 36.8 Å². The van der Waals surface area contributed by atoms with Crippen LogP contribution >= 0.6 is 0 Å². The fourth-order valence-electron chi connectivity index (χ4n) is 5.10. The highest BCUT2D eigenvalue weighted by Gasteiger charge is 2.56. The number of carbonyl (C=O) groups excluding carboxylic acids is 3. The van der Waals surface area contributed by atoms with Crippen LogP contribution < -0.4 is 5.32 Å². The Bertz CT molecular complexity index is 1200. The van der Waals surface area contributed by atoms with Crippen LogP contribution in [0, 0.1) is 16.7 Å². The zero-order valence-electron chi connectivity index (χ0n) is 21.2. The lowest BCUT2D eigenvalue weighted by Gasteiger charge is -2.35. The van der Waals surface area contributed by atoms with Crippen LogP contribution in [0.25, 0.3) is 0 Å². The molecule has 8 heteroatoms. The van der Waals surface area contributed by atoms with Crippen molar-refractivity contribution in [2.75, 3.05) is 18.9 Å². The summed E-state index contributed by atoms with van der Waals surface area (Å²) in [7, 11) is 1.55. The van der Waals surface area contributed by atoms with Crippen molar-refractivity contribution in [2.45, 2.75) is 57.7 Å². The molecule has 0 bridgehead atoms. The molecule has 8 nitrogen and oxygen atoms in total. The average molecular weight is 489 g/mol. The molecule has 3 atom stereocenters. The van der Waals surface area contributed by atoms with Gasteiger partial charge >= 0.3 is 6.09 Å². The van der Waals surface area contributed by atoms with E-state index in [0.29, 0.717) is 12.1 Å². The molecule has 2 aliphatic rings. The number of rotatable bonds is 5. The monoisotopic (exact) mass is 488 g/mol. The van der Waals surface area contributed by atoms with Gasteiger partial charge in [0.15, 0.2) is 0 Å². The fourth-order valence-corrected chi connectivity index (χ4v) is 5.10. The summed E-state index contributed by atoms with van der Waals surface area (Å²) in [4.78, 5) is 42.8. The summed E-state index contributed by atoms with van der Waals surface area (Å²) < 4.78 is 5.50. The van der Waals surface area contributed by atoms with Gasteiger partial charge in [0.1, 0.15) is 18.7 Å². The number of anilines is 1. The molecule has 4 rings (SSSR count). The third-order valence-electron chi connectivity index (χ3n) is 6.97. The van der Waals surface area contributed by atoms with E-state index < -0.39 is 23.6 Å². The number of nitrogens with one attached hydrogen (secondary N) is 1. The third kappa shape index (κ3) is 4.78. The normalized spacial score (nSPS) is 21.5. The van der Waals surface area contributed by atoms with Gasteiger partial charge in [0.05, 0.1) is 11.5 Å². The van der Waals surface area contributed by atoms with E-state index in [2.05, 4.69) is 11.4 Å². The Morgan fingerprint density at radius 3 is 2.53 bits per heavy atom. The largest absolute Gasteiger partial charge is 0.445 e. The Morgan fingerprint density at radius 2 is 1.86 bits per heavy atom. The summed E-state index contributed by atoms with van der Waals surface area (Å²) in [6.45, 7) is 6.14. The minimum absolute atomic E-state index is 0.0838. The first-order valence-corrected chi connectivity index (χ1v) is 12.1. The number of hydrogen-bond donors (Lipinski definition) is 1. The van der Waals surface area contributed by atoms with Gasteiger partial charge in [-0.2, -0.15) is 5.26 Å². The van der Waals surface area contributed by atoms with Gasteiger partial charge in [-0.15, -0.1) is 0 Å². The lowest BCUT2D eigenvalue weighted by atomic mass is 9.80. The Labute approximate surface area is 211 Å². The molecule has 0 saturated carbocycles. The van der Waals surface area contributed by atoms with Crippen LogP contribution in [0.5, 0.6) is 0 Å². The van der Waals surface area contributed by atoms with Crippen molar-refractivity contribution in [1.29, 1.82) is 5.26 Å². The molecule has 1 N–H and O–H groups in total. The van der Waals surface area contributed by atoms with Crippen molar-refractivity contribution in [3.63, 3.8) is 0 Å². The number of nitrogens with zero attached hydrogens (tertiary/aromatic N) is 3. The minimum Gasteiger partial charge on any atom is -0.445 e. The number of benzene rings is 2. The molecule has 2 aromatic carbocycles. The third-order valence-corrected chi connectivity index (χ3v) is 6.97. The quantitative estimate of drug-likeness (QED) is 0.683. The molecule has 188 valence electrons. The van der Waals surface area contributed by atoms with Crippen LogP contribution in [0.3, 0.4) is 0 Å². The fraction of sp³-hybridized carbons (Fsp3) is 0.429. The summed E-state index contributed by atoms with van der Waals surface area (Å²) in [5.41, 5.74) is 1.08. The minimum atomic E-state index is -0.981. The second-order valence-electron chi connectivity index (χ2n) is 10.8. The lowest BCUT2D eigenvalue weighted by molar-refractivity contribution is -0.137. The van der Waals surface area contributed by atoms with Gasteiger partial charge in [-0.1, -0.05) is 69.3 Å². The van der Waals surface area contributed by atoms with E-state index in [9.17, 15) is 19.6 Å². The molecule has 0 aliphatic carbocycles. The molecule has 36 heavy (non-hydrogen) atoms. The first kappa shape index (κ1) is 25.2. The molecule has 1 fully saturated rings. The van der Waals surface area contributed by atoms with Crippen molar-refractivity contribution in [3.05, 3.63) is 65.7 Å². The van der Waals surface area contributed by atoms with Crippen LogP contribution in [-0.4, -0.2) is 53.4 Å². The zero-order chi connectivity index (χ0) is 26.1. The van der Waals surface area contributed by atoms with E-state index in [1.807, 2.05) is 75.4 Å². The van der Waals surface area contributed by atoms with Gasteiger partial charge in [0, 0.05) is 25.7 Å². The molecule has 0 aromatic heterocycles. The first-order chi connectivity index (χ1) is 17.1. The molecule has 2 heterocycles. The predicted octanol–water partition coefficient (Wildman–Crippen LogP) is 4.07. The Kier molecular flexibility index (Phi) is 6.77. The number of ether oxygens (including phenoxy) is 1. The van der Waals surface area contributed by atoms with Crippen LogP contribution in [0.1, 0.15) is 44.7 Å². The molecule has 0 radical (unpaired) electrons. The molecule has 1 spiro atoms. The second-order valence-corrected chi connectivity index (χ2v) is 10.8. The van der Waals surface area contributed by atoms with Crippen molar-refractivity contribution in [3.8, 4) is 6.07 Å². The number of likely N-dealkylation sites (N-methyl/N-ethyl adjacent to an activating group) is 1. The van der Waals surface area contributed by atoms with Gasteiger partial charge in [-0.25, -0.2) is 4.79 Å². The number of likely N-dealkylation sites (tertiary alicyclic amines) is 1. The summed E-state index contributed by atoms with van der Waals surface area (Å²) in [6.07, 6.45) is -0.0387. The molecule has 1 unspecified atom stereocenters. The molecule has 2 aromatic rings. The molecular weight excluding hydrogens is 456 g/mol. The molecular formula is C28H32N4O4. The Hall–Kier alpha value is -3.86. The molecule has 3 amide bonds. The maximum atomic E-state index is 14.0. The van der Waals surface area contributed by atoms with Gasteiger partial charge in [0.2, 0.25) is 11.8 Å². The topological polar surface area (TPSA) is 103 Å².